The Morgan fingerprint density at radius 2 is 1.68 bits per heavy atom. The number of hydrogen-bond donors (Lipinski definition) is 0. The van der Waals surface area contributed by atoms with Gasteiger partial charge in [-0.3, -0.25) is 0 Å². The largest absolute Gasteiger partial charge is 0.339 e. The van der Waals surface area contributed by atoms with Crippen molar-refractivity contribution in [2.75, 3.05) is 13.1 Å². The van der Waals surface area contributed by atoms with Crippen LogP contribution in [0.4, 0.5) is 0 Å². The Kier molecular flexibility index (Phi) is 5.35. The fourth-order valence-electron chi connectivity index (χ4n) is 3.32. The van der Waals surface area contributed by atoms with Crippen LogP contribution in [0.2, 0.25) is 0 Å². The molecule has 28 heavy (non-hydrogen) atoms. The average molecular weight is 462 g/mol. The molecule has 146 valence electrons. The molecule has 0 unspecified atom stereocenters. The average Bonchev–Trinajstić information content (AvgIpc) is 3.19. The highest BCUT2D eigenvalue weighted by molar-refractivity contribution is 9.10. The van der Waals surface area contributed by atoms with E-state index in [1.165, 1.54) is 9.87 Å². The molecule has 0 saturated carbocycles. The summed E-state index contributed by atoms with van der Waals surface area (Å²) in [6, 6.07) is 14.7. The van der Waals surface area contributed by atoms with Crippen molar-refractivity contribution >= 4 is 26.0 Å². The highest BCUT2D eigenvalue weighted by atomic mass is 79.9. The second-order valence-electron chi connectivity index (χ2n) is 6.95. The number of rotatable bonds is 4. The van der Waals surface area contributed by atoms with Crippen molar-refractivity contribution in [1.82, 2.24) is 14.4 Å². The lowest BCUT2D eigenvalue weighted by atomic mass is 9.98. The Hall–Kier alpha value is -2.03. The molecule has 0 aliphatic carbocycles. The van der Waals surface area contributed by atoms with Gasteiger partial charge in [0.25, 0.3) is 0 Å². The number of sulfonamides is 1. The number of aromatic nitrogens is 2. The molecule has 0 radical (unpaired) electrons. The van der Waals surface area contributed by atoms with Crippen molar-refractivity contribution in [2.24, 2.45) is 0 Å². The van der Waals surface area contributed by atoms with E-state index < -0.39 is 10.0 Å². The van der Waals surface area contributed by atoms with E-state index in [1.54, 1.807) is 24.3 Å². The Balaban J connectivity index is 1.44. The molecule has 0 N–H and O–H groups in total. The first-order chi connectivity index (χ1) is 13.4. The zero-order chi connectivity index (χ0) is 19.7. The zero-order valence-corrected chi connectivity index (χ0v) is 17.8. The van der Waals surface area contributed by atoms with E-state index in [2.05, 4.69) is 26.1 Å². The third kappa shape index (κ3) is 3.90. The van der Waals surface area contributed by atoms with Gasteiger partial charge in [0.1, 0.15) is 0 Å². The van der Waals surface area contributed by atoms with Gasteiger partial charge in [0.05, 0.1) is 4.90 Å². The quantitative estimate of drug-likeness (QED) is 0.576. The normalized spacial score (nSPS) is 16.4. The highest BCUT2D eigenvalue weighted by Crippen LogP contribution is 2.31. The molecule has 0 amide bonds. The number of halogens is 1. The molecule has 0 atom stereocenters. The first kappa shape index (κ1) is 19.3. The van der Waals surface area contributed by atoms with Crippen LogP contribution < -0.4 is 0 Å². The van der Waals surface area contributed by atoms with E-state index in [4.69, 9.17) is 4.52 Å². The van der Waals surface area contributed by atoms with Gasteiger partial charge in [0, 0.05) is 29.0 Å². The summed E-state index contributed by atoms with van der Waals surface area (Å²) in [5, 5.41) is 4.09. The summed E-state index contributed by atoms with van der Waals surface area (Å²) in [6.07, 6.45) is 1.32. The maximum absolute atomic E-state index is 12.8. The van der Waals surface area contributed by atoms with Gasteiger partial charge in [0.15, 0.2) is 0 Å². The Bertz CT molecular complexity index is 1050. The Labute approximate surface area is 172 Å². The number of benzene rings is 2. The van der Waals surface area contributed by atoms with Crippen LogP contribution >= 0.6 is 15.9 Å². The molecular formula is C20H20BrN3O3S. The van der Waals surface area contributed by atoms with Crippen molar-refractivity contribution in [3.63, 3.8) is 0 Å². The van der Waals surface area contributed by atoms with Crippen LogP contribution in [0.5, 0.6) is 0 Å². The van der Waals surface area contributed by atoms with Gasteiger partial charge in [-0.2, -0.15) is 9.29 Å². The van der Waals surface area contributed by atoms with E-state index >= 15 is 0 Å². The summed E-state index contributed by atoms with van der Waals surface area (Å²) in [6.45, 7) is 2.90. The lowest BCUT2D eigenvalue weighted by molar-refractivity contribution is 0.271. The Morgan fingerprint density at radius 1 is 1.04 bits per heavy atom. The molecule has 3 aromatic rings. The third-order valence-electron chi connectivity index (χ3n) is 5.01. The van der Waals surface area contributed by atoms with Crippen LogP contribution in [0.25, 0.3) is 11.4 Å². The summed E-state index contributed by atoms with van der Waals surface area (Å²) < 4.78 is 33.5. The van der Waals surface area contributed by atoms with Crippen molar-refractivity contribution in [1.29, 1.82) is 0 Å². The first-order valence-corrected chi connectivity index (χ1v) is 11.3. The predicted molar refractivity (Wildman–Crippen MR) is 109 cm³/mol. The van der Waals surface area contributed by atoms with E-state index in [-0.39, 0.29) is 5.92 Å². The summed E-state index contributed by atoms with van der Waals surface area (Å²) in [4.78, 5) is 4.85. The molecule has 1 fully saturated rings. The third-order valence-corrected chi connectivity index (χ3v) is 7.45. The predicted octanol–water partition coefficient (Wildman–Crippen LogP) is 4.38. The second-order valence-corrected chi connectivity index (χ2v) is 9.81. The van der Waals surface area contributed by atoms with Crippen LogP contribution in [0, 0.1) is 6.92 Å². The molecule has 1 aliphatic heterocycles. The van der Waals surface area contributed by atoms with Crippen molar-refractivity contribution in [3.05, 3.63) is 64.5 Å². The zero-order valence-electron chi connectivity index (χ0n) is 15.4. The molecule has 0 bridgehead atoms. The molecule has 8 heteroatoms. The molecule has 1 aliphatic rings. The minimum absolute atomic E-state index is 0.0723. The van der Waals surface area contributed by atoms with Crippen LogP contribution in [0.3, 0.4) is 0 Å². The minimum atomic E-state index is -3.48. The van der Waals surface area contributed by atoms with Gasteiger partial charge in [-0.05, 0) is 44.0 Å². The fourth-order valence-corrected chi connectivity index (χ4v) is 5.05. The van der Waals surface area contributed by atoms with Gasteiger partial charge in [0.2, 0.25) is 21.7 Å². The second kappa shape index (κ2) is 7.77. The highest BCUT2D eigenvalue weighted by Gasteiger charge is 2.32. The van der Waals surface area contributed by atoms with Crippen LogP contribution in [-0.2, 0) is 10.0 Å². The molecule has 4 rings (SSSR count). The number of aryl methyl sites for hydroxylation is 1. The molecule has 2 heterocycles. The minimum Gasteiger partial charge on any atom is -0.339 e. The van der Waals surface area contributed by atoms with Crippen LogP contribution in [0.15, 0.2) is 62.4 Å². The molecule has 1 aromatic heterocycles. The van der Waals surface area contributed by atoms with Gasteiger partial charge in [-0.1, -0.05) is 50.9 Å². The lowest BCUT2D eigenvalue weighted by Gasteiger charge is -2.29. The molecular weight excluding hydrogens is 442 g/mol. The fraction of sp³-hybridized carbons (Fsp3) is 0.300. The van der Waals surface area contributed by atoms with Gasteiger partial charge in [-0.25, -0.2) is 8.42 Å². The molecule has 6 nitrogen and oxygen atoms in total. The SMILES string of the molecule is Cc1ccc(-c2noc(C3CCN(S(=O)(=O)c4ccc(Br)cc4)CC3)n2)cc1. The maximum Gasteiger partial charge on any atom is 0.243 e. The smallest absolute Gasteiger partial charge is 0.243 e. The van der Waals surface area contributed by atoms with Crippen molar-refractivity contribution in [2.45, 2.75) is 30.6 Å². The number of hydrogen-bond acceptors (Lipinski definition) is 5. The maximum atomic E-state index is 12.8. The molecule has 0 spiro atoms. The van der Waals surface area contributed by atoms with E-state index in [9.17, 15) is 8.42 Å². The molecule has 2 aromatic carbocycles. The topological polar surface area (TPSA) is 76.3 Å². The summed E-state index contributed by atoms with van der Waals surface area (Å²) in [5.74, 6) is 1.22. The van der Waals surface area contributed by atoms with Crippen molar-refractivity contribution < 1.29 is 12.9 Å². The first-order valence-electron chi connectivity index (χ1n) is 9.10. The summed E-state index contributed by atoms with van der Waals surface area (Å²) >= 11 is 3.33. The summed E-state index contributed by atoms with van der Waals surface area (Å²) in [5.41, 5.74) is 2.09. The van der Waals surface area contributed by atoms with E-state index in [1.807, 2.05) is 31.2 Å². The van der Waals surface area contributed by atoms with Gasteiger partial charge in [-0.15, -0.1) is 0 Å². The number of nitrogens with zero attached hydrogens (tertiary/aromatic N) is 3. The van der Waals surface area contributed by atoms with E-state index in [0.717, 1.165) is 10.0 Å². The molecule has 1 saturated heterocycles. The standard InChI is InChI=1S/C20H20BrN3O3S/c1-14-2-4-15(5-3-14)19-22-20(27-23-19)16-10-12-24(13-11-16)28(25,26)18-8-6-17(21)7-9-18/h2-9,16H,10-13H2,1H3. The van der Waals surface area contributed by atoms with Crippen LogP contribution in [0.1, 0.15) is 30.2 Å². The van der Waals surface area contributed by atoms with Crippen LogP contribution in [-0.4, -0.2) is 36.0 Å². The van der Waals surface area contributed by atoms with Gasteiger partial charge >= 0.3 is 0 Å². The van der Waals surface area contributed by atoms with Crippen molar-refractivity contribution in [3.8, 4) is 11.4 Å². The van der Waals surface area contributed by atoms with Gasteiger partial charge < -0.3 is 4.52 Å². The monoisotopic (exact) mass is 461 g/mol. The number of piperidine rings is 1. The Morgan fingerprint density at radius 3 is 2.32 bits per heavy atom. The van der Waals surface area contributed by atoms with E-state index in [0.29, 0.717) is 42.5 Å². The summed E-state index contributed by atoms with van der Waals surface area (Å²) in [7, 11) is -3.48. The lowest BCUT2D eigenvalue weighted by Crippen LogP contribution is -2.37.